The first-order valence-corrected chi connectivity index (χ1v) is 10.1. The summed E-state index contributed by atoms with van der Waals surface area (Å²) in [6.45, 7) is -1.60. The molecule has 0 aliphatic heterocycles. The van der Waals surface area contributed by atoms with Crippen molar-refractivity contribution in [1.29, 1.82) is 0 Å². The monoisotopic (exact) mass is 466 g/mol. The molecule has 0 spiro atoms. The number of anilines is 3. The van der Waals surface area contributed by atoms with Gasteiger partial charge in [-0.1, -0.05) is 53.3 Å². The number of amides is 1. The highest BCUT2D eigenvalue weighted by atomic mass is 35.5. The van der Waals surface area contributed by atoms with Crippen LogP contribution in [0.15, 0.2) is 48.5 Å². The van der Waals surface area contributed by atoms with Gasteiger partial charge in [0, 0.05) is 17.3 Å². The number of aromatic nitrogens is 1. The van der Waals surface area contributed by atoms with Gasteiger partial charge in [0.2, 0.25) is 11.7 Å². The number of carbonyl (C=O) groups is 2. The highest BCUT2D eigenvalue weighted by molar-refractivity contribution is 7.18. The maximum Gasteiger partial charge on any atom is 0.387 e. The van der Waals surface area contributed by atoms with Crippen LogP contribution in [0.4, 0.5) is 25.4 Å². The first-order chi connectivity index (χ1) is 14.7. The van der Waals surface area contributed by atoms with Gasteiger partial charge in [0.25, 0.3) is 0 Å². The van der Waals surface area contributed by atoms with Gasteiger partial charge in [-0.2, -0.15) is 8.78 Å². The maximum atomic E-state index is 12.8. The van der Waals surface area contributed by atoms with Crippen LogP contribution in [0.5, 0.6) is 5.75 Å². The first-order valence-electron chi connectivity index (χ1n) is 8.88. The fourth-order valence-electron chi connectivity index (χ4n) is 2.76. The van der Waals surface area contributed by atoms with Crippen LogP contribution in [-0.2, 0) is 4.79 Å². The van der Waals surface area contributed by atoms with Crippen LogP contribution < -0.4 is 21.1 Å². The fraction of sp³-hybridized carbons (Fsp3) is 0.150. The Morgan fingerprint density at radius 1 is 1.19 bits per heavy atom. The van der Waals surface area contributed by atoms with Crippen molar-refractivity contribution in [3.8, 4) is 5.75 Å². The van der Waals surface area contributed by atoms with Gasteiger partial charge in [0.15, 0.2) is 5.13 Å². The van der Waals surface area contributed by atoms with Gasteiger partial charge in [-0.15, -0.1) is 0 Å². The van der Waals surface area contributed by atoms with E-state index in [4.69, 9.17) is 23.1 Å². The predicted molar refractivity (Wildman–Crippen MR) is 115 cm³/mol. The number of halogens is 3. The van der Waals surface area contributed by atoms with Crippen LogP contribution >= 0.6 is 22.9 Å². The number of ketones is 1. The lowest BCUT2D eigenvalue weighted by Crippen LogP contribution is -2.40. The van der Waals surface area contributed by atoms with Crippen molar-refractivity contribution in [1.82, 2.24) is 4.98 Å². The molecule has 1 amide bonds. The summed E-state index contributed by atoms with van der Waals surface area (Å²) >= 11 is 6.87. The standard InChI is InChI=1S/C20H17ClF2N4O3S/c1-10(18(25)29)27(12-7-8-13(21)14(9-12)30-19(22)23)20-26-17(24)16(31-20)15(28)11-5-3-2-4-6-11/h2-10,19H,24H2,1H3,(H2,25,29). The van der Waals surface area contributed by atoms with Gasteiger partial charge in [0.1, 0.15) is 22.5 Å². The summed E-state index contributed by atoms with van der Waals surface area (Å²) in [7, 11) is 0. The minimum Gasteiger partial charge on any atom is -0.433 e. The van der Waals surface area contributed by atoms with Crippen LogP contribution in [0.1, 0.15) is 22.2 Å². The zero-order valence-corrected chi connectivity index (χ0v) is 17.7. The molecular weight excluding hydrogens is 450 g/mol. The number of ether oxygens (including phenoxy) is 1. The Labute approximate surface area is 185 Å². The van der Waals surface area contributed by atoms with Crippen molar-refractivity contribution < 1.29 is 23.1 Å². The zero-order chi connectivity index (χ0) is 22.7. The van der Waals surface area contributed by atoms with Gasteiger partial charge >= 0.3 is 6.61 Å². The lowest BCUT2D eigenvalue weighted by Gasteiger charge is -2.27. The van der Waals surface area contributed by atoms with Crippen LogP contribution in [0.3, 0.4) is 0 Å². The smallest absolute Gasteiger partial charge is 0.387 e. The van der Waals surface area contributed by atoms with E-state index in [0.29, 0.717) is 5.56 Å². The number of alkyl halides is 2. The molecule has 0 fully saturated rings. The maximum absolute atomic E-state index is 12.8. The molecule has 162 valence electrons. The third kappa shape index (κ3) is 4.92. The Morgan fingerprint density at radius 2 is 1.87 bits per heavy atom. The van der Waals surface area contributed by atoms with Crippen molar-refractivity contribution in [2.45, 2.75) is 19.6 Å². The summed E-state index contributed by atoms with van der Waals surface area (Å²) in [4.78, 5) is 30.5. The van der Waals surface area contributed by atoms with E-state index in [1.165, 1.54) is 30.0 Å². The minimum absolute atomic E-state index is 0.0338. The van der Waals surface area contributed by atoms with Crippen LogP contribution in [-0.4, -0.2) is 29.3 Å². The summed E-state index contributed by atoms with van der Waals surface area (Å²) in [5, 5.41) is 0.128. The summed E-state index contributed by atoms with van der Waals surface area (Å²) in [5.74, 6) is -1.38. The second kappa shape index (κ2) is 9.27. The molecule has 0 bridgehead atoms. The number of rotatable bonds is 8. The molecule has 0 saturated heterocycles. The molecule has 3 rings (SSSR count). The van der Waals surface area contributed by atoms with E-state index in [2.05, 4.69) is 9.72 Å². The predicted octanol–water partition coefficient (Wildman–Crippen LogP) is 4.22. The summed E-state index contributed by atoms with van der Waals surface area (Å²) in [6, 6.07) is 11.6. The Balaban J connectivity index is 2.07. The average molecular weight is 467 g/mol. The molecule has 11 heteroatoms. The molecule has 3 aromatic rings. The average Bonchev–Trinajstić information content (AvgIpc) is 3.11. The van der Waals surface area contributed by atoms with E-state index in [9.17, 15) is 18.4 Å². The van der Waals surface area contributed by atoms with Gasteiger partial charge in [-0.05, 0) is 19.1 Å². The van der Waals surface area contributed by atoms with Crippen LogP contribution in [0.25, 0.3) is 0 Å². The number of thiazole rings is 1. The number of hydrogen-bond donors (Lipinski definition) is 2. The number of carbonyl (C=O) groups excluding carboxylic acids is 2. The Kier molecular flexibility index (Phi) is 6.71. The number of nitrogen functional groups attached to an aromatic ring is 1. The number of hydrogen-bond acceptors (Lipinski definition) is 7. The molecule has 1 aromatic heterocycles. The van der Waals surface area contributed by atoms with Crippen molar-refractivity contribution >= 4 is 51.3 Å². The second-order valence-electron chi connectivity index (χ2n) is 6.35. The van der Waals surface area contributed by atoms with Crippen molar-refractivity contribution in [3.63, 3.8) is 0 Å². The molecule has 4 N–H and O–H groups in total. The molecular formula is C20H17ClF2N4O3S. The highest BCUT2D eigenvalue weighted by Gasteiger charge is 2.28. The molecule has 1 heterocycles. The quantitative estimate of drug-likeness (QED) is 0.481. The minimum atomic E-state index is -3.10. The molecule has 31 heavy (non-hydrogen) atoms. The van der Waals surface area contributed by atoms with E-state index < -0.39 is 18.6 Å². The first kappa shape index (κ1) is 22.4. The zero-order valence-electron chi connectivity index (χ0n) is 16.1. The van der Waals surface area contributed by atoms with Gasteiger partial charge in [-0.25, -0.2) is 4.98 Å². The van der Waals surface area contributed by atoms with Crippen molar-refractivity contribution in [2.24, 2.45) is 5.73 Å². The van der Waals surface area contributed by atoms with E-state index in [1.54, 1.807) is 30.3 Å². The summed E-state index contributed by atoms with van der Waals surface area (Å²) in [5.41, 5.74) is 12.1. The lowest BCUT2D eigenvalue weighted by molar-refractivity contribution is -0.118. The van der Waals surface area contributed by atoms with E-state index >= 15 is 0 Å². The number of primary amides is 1. The molecule has 7 nitrogen and oxygen atoms in total. The normalized spacial score (nSPS) is 11.9. The molecule has 0 aliphatic rings. The van der Waals surface area contributed by atoms with Gasteiger partial charge in [-0.3, -0.25) is 9.59 Å². The number of nitrogens with two attached hydrogens (primary N) is 2. The molecule has 2 aromatic carbocycles. The SMILES string of the molecule is CC(C(N)=O)N(c1ccc(Cl)c(OC(F)F)c1)c1nc(N)c(C(=O)c2ccccc2)s1. The molecule has 0 saturated carbocycles. The van der Waals surface area contributed by atoms with Crippen molar-refractivity contribution in [2.75, 3.05) is 10.6 Å². The Hall–Kier alpha value is -3.24. The molecule has 1 atom stereocenters. The number of benzene rings is 2. The summed E-state index contributed by atoms with van der Waals surface area (Å²) < 4.78 is 29.9. The molecule has 0 radical (unpaired) electrons. The van der Waals surface area contributed by atoms with E-state index in [1.807, 2.05) is 0 Å². The van der Waals surface area contributed by atoms with E-state index in [0.717, 1.165) is 11.3 Å². The number of nitrogens with zero attached hydrogens (tertiary/aromatic N) is 2. The fourth-order valence-corrected chi connectivity index (χ4v) is 3.97. The van der Waals surface area contributed by atoms with Gasteiger partial charge < -0.3 is 21.1 Å². The topological polar surface area (TPSA) is 112 Å². The van der Waals surface area contributed by atoms with Crippen LogP contribution in [0, 0.1) is 0 Å². The largest absolute Gasteiger partial charge is 0.433 e. The third-order valence-electron chi connectivity index (χ3n) is 4.30. The molecule has 1 unspecified atom stereocenters. The van der Waals surface area contributed by atoms with Crippen LogP contribution in [0.2, 0.25) is 5.02 Å². The Morgan fingerprint density at radius 3 is 2.48 bits per heavy atom. The van der Waals surface area contributed by atoms with Crippen molar-refractivity contribution in [3.05, 3.63) is 64.0 Å². The Bertz CT molecular complexity index is 1110. The summed E-state index contributed by atoms with van der Waals surface area (Å²) in [6.07, 6.45) is 0. The van der Waals surface area contributed by atoms with E-state index in [-0.39, 0.29) is 38.1 Å². The lowest BCUT2D eigenvalue weighted by atomic mass is 10.1. The third-order valence-corrected chi connectivity index (χ3v) is 5.68. The van der Waals surface area contributed by atoms with Gasteiger partial charge in [0.05, 0.1) is 5.02 Å². The highest BCUT2D eigenvalue weighted by Crippen LogP contribution is 2.39. The molecule has 0 aliphatic carbocycles. The second-order valence-corrected chi connectivity index (χ2v) is 7.73.